The fourth-order valence-electron chi connectivity index (χ4n) is 0.916. The zero-order valence-corrected chi connectivity index (χ0v) is 7.90. The Hall–Kier alpha value is -0.570. The molecular weight excluding hydrogens is 156 g/mol. The van der Waals surface area contributed by atoms with Gasteiger partial charge in [-0.15, -0.1) is 0 Å². The molecule has 11 heavy (non-hydrogen) atoms. The molecule has 0 aromatic carbocycles. The molecule has 0 fully saturated rings. The number of aryl methyl sites for hydroxylation is 2. The predicted octanol–water partition coefficient (Wildman–Crippen LogP) is 2.07. The van der Waals surface area contributed by atoms with Crippen molar-refractivity contribution in [3.8, 4) is 0 Å². The molecule has 60 valence electrons. The SMILES string of the molecule is CCc1cnc(SC)nc1C. The molecule has 0 atom stereocenters. The standard InChI is InChI=1S/C8H12N2S/c1-4-7-5-9-8(11-3)10-6(7)2/h5H,4H2,1-3H3. The van der Waals surface area contributed by atoms with Gasteiger partial charge in [0.1, 0.15) is 0 Å². The summed E-state index contributed by atoms with van der Waals surface area (Å²) >= 11 is 1.58. The highest BCUT2D eigenvalue weighted by Gasteiger charge is 1.98. The highest BCUT2D eigenvalue weighted by atomic mass is 32.2. The van der Waals surface area contributed by atoms with Gasteiger partial charge in [-0.1, -0.05) is 18.7 Å². The van der Waals surface area contributed by atoms with Crippen LogP contribution >= 0.6 is 11.8 Å². The van der Waals surface area contributed by atoms with E-state index in [9.17, 15) is 0 Å². The fraction of sp³-hybridized carbons (Fsp3) is 0.500. The summed E-state index contributed by atoms with van der Waals surface area (Å²) in [6, 6.07) is 0. The van der Waals surface area contributed by atoms with E-state index in [1.165, 1.54) is 5.56 Å². The van der Waals surface area contributed by atoms with Gasteiger partial charge in [-0.05, 0) is 25.2 Å². The van der Waals surface area contributed by atoms with Crippen LogP contribution in [0, 0.1) is 6.92 Å². The van der Waals surface area contributed by atoms with Crippen molar-refractivity contribution in [1.82, 2.24) is 9.97 Å². The first-order valence-electron chi connectivity index (χ1n) is 3.64. The summed E-state index contributed by atoms with van der Waals surface area (Å²) in [7, 11) is 0. The first kappa shape index (κ1) is 8.53. The van der Waals surface area contributed by atoms with Gasteiger partial charge in [0.15, 0.2) is 5.16 Å². The van der Waals surface area contributed by atoms with Gasteiger partial charge in [-0.25, -0.2) is 9.97 Å². The first-order valence-corrected chi connectivity index (χ1v) is 4.87. The van der Waals surface area contributed by atoms with Gasteiger partial charge in [-0.3, -0.25) is 0 Å². The van der Waals surface area contributed by atoms with Crippen molar-refractivity contribution in [2.45, 2.75) is 25.4 Å². The molecule has 0 N–H and O–H groups in total. The molecule has 0 aliphatic rings. The third kappa shape index (κ3) is 1.93. The maximum Gasteiger partial charge on any atom is 0.187 e. The summed E-state index contributed by atoms with van der Waals surface area (Å²) in [6.07, 6.45) is 4.91. The van der Waals surface area contributed by atoms with Crippen molar-refractivity contribution in [1.29, 1.82) is 0 Å². The van der Waals surface area contributed by atoms with Crippen LogP contribution in [0.1, 0.15) is 18.2 Å². The van der Waals surface area contributed by atoms with Gasteiger partial charge in [0.2, 0.25) is 0 Å². The highest BCUT2D eigenvalue weighted by Crippen LogP contribution is 2.11. The predicted molar refractivity (Wildman–Crippen MR) is 47.9 cm³/mol. The zero-order chi connectivity index (χ0) is 8.27. The largest absolute Gasteiger partial charge is 0.231 e. The van der Waals surface area contributed by atoms with Gasteiger partial charge in [0, 0.05) is 11.9 Å². The number of aromatic nitrogens is 2. The van der Waals surface area contributed by atoms with E-state index < -0.39 is 0 Å². The smallest absolute Gasteiger partial charge is 0.187 e. The molecule has 0 bridgehead atoms. The van der Waals surface area contributed by atoms with Gasteiger partial charge < -0.3 is 0 Å². The lowest BCUT2D eigenvalue weighted by atomic mass is 10.2. The van der Waals surface area contributed by atoms with E-state index in [0.717, 1.165) is 17.3 Å². The van der Waals surface area contributed by atoms with Gasteiger partial charge in [0.05, 0.1) is 0 Å². The Bertz CT molecular complexity index is 248. The minimum absolute atomic E-state index is 0.861. The third-order valence-electron chi connectivity index (χ3n) is 1.62. The lowest BCUT2D eigenvalue weighted by Crippen LogP contribution is -1.94. The summed E-state index contributed by atoms with van der Waals surface area (Å²) in [5, 5.41) is 0.861. The summed E-state index contributed by atoms with van der Waals surface area (Å²) in [4.78, 5) is 8.50. The second-order valence-electron chi connectivity index (χ2n) is 2.32. The van der Waals surface area contributed by atoms with Gasteiger partial charge >= 0.3 is 0 Å². The number of nitrogens with zero attached hydrogens (tertiary/aromatic N) is 2. The van der Waals surface area contributed by atoms with Crippen molar-refractivity contribution in [2.24, 2.45) is 0 Å². The molecule has 0 spiro atoms. The molecule has 0 unspecified atom stereocenters. The molecule has 0 radical (unpaired) electrons. The molecule has 0 aliphatic heterocycles. The van der Waals surface area contributed by atoms with Crippen molar-refractivity contribution < 1.29 is 0 Å². The third-order valence-corrected chi connectivity index (χ3v) is 2.18. The van der Waals surface area contributed by atoms with Crippen LogP contribution in [0.2, 0.25) is 0 Å². The molecule has 2 nitrogen and oxygen atoms in total. The van der Waals surface area contributed by atoms with Crippen LogP contribution in [-0.4, -0.2) is 16.2 Å². The number of rotatable bonds is 2. The monoisotopic (exact) mass is 168 g/mol. The maximum absolute atomic E-state index is 4.31. The van der Waals surface area contributed by atoms with Crippen molar-refractivity contribution in [3.05, 3.63) is 17.5 Å². The number of thioether (sulfide) groups is 1. The highest BCUT2D eigenvalue weighted by molar-refractivity contribution is 7.98. The summed E-state index contributed by atoms with van der Waals surface area (Å²) in [5.41, 5.74) is 2.34. The average Bonchev–Trinajstić information content (AvgIpc) is 2.04. The Morgan fingerprint density at radius 2 is 2.27 bits per heavy atom. The second kappa shape index (κ2) is 3.72. The van der Waals surface area contributed by atoms with E-state index in [1.807, 2.05) is 19.4 Å². The fourth-order valence-corrected chi connectivity index (χ4v) is 1.30. The van der Waals surface area contributed by atoms with Crippen molar-refractivity contribution in [3.63, 3.8) is 0 Å². The van der Waals surface area contributed by atoms with Gasteiger partial charge in [-0.2, -0.15) is 0 Å². The quantitative estimate of drug-likeness (QED) is 0.499. The Morgan fingerprint density at radius 1 is 1.55 bits per heavy atom. The van der Waals surface area contributed by atoms with E-state index in [4.69, 9.17) is 0 Å². The van der Waals surface area contributed by atoms with E-state index in [2.05, 4.69) is 16.9 Å². The lowest BCUT2D eigenvalue weighted by Gasteiger charge is -2.01. The molecule has 0 amide bonds. The molecule has 0 saturated carbocycles. The van der Waals surface area contributed by atoms with Crippen LogP contribution < -0.4 is 0 Å². The van der Waals surface area contributed by atoms with Crippen LogP contribution in [0.4, 0.5) is 0 Å². The normalized spacial score (nSPS) is 10.1. The first-order chi connectivity index (χ1) is 5.27. The Labute approximate surface area is 71.5 Å². The Balaban J connectivity index is 2.99. The van der Waals surface area contributed by atoms with E-state index >= 15 is 0 Å². The molecule has 3 heteroatoms. The van der Waals surface area contributed by atoms with E-state index in [0.29, 0.717) is 0 Å². The molecular formula is C8H12N2S. The van der Waals surface area contributed by atoms with Crippen LogP contribution in [0.15, 0.2) is 11.4 Å². The average molecular weight is 168 g/mol. The van der Waals surface area contributed by atoms with Crippen LogP contribution in [0.5, 0.6) is 0 Å². The second-order valence-corrected chi connectivity index (χ2v) is 3.09. The van der Waals surface area contributed by atoms with E-state index in [-0.39, 0.29) is 0 Å². The molecule has 0 saturated heterocycles. The van der Waals surface area contributed by atoms with Gasteiger partial charge in [0.25, 0.3) is 0 Å². The molecule has 1 aromatic heterocycles. The Kier molecular flexibility index (Phi) is 2.88. The maximum atomic E-state index is 4.31. The number of hydrogen-bond donors (Lipinski definition) is 0. The summed E-state index contributed by atoms with van der Waals surface area (Å²) in [6.45, 7) is 4.14. The minimum Gasteiger partial charge on any atom is -0.231 e. The van der Waals surface area contributed by atoms with E-state index in [1.54, 1.807) is 11.8 Å². The molecule has 1 rings (SSSR count). The zero-order valence-electron chi connectivity index (χ0n) is 7.09. The Morgan fingerprint density at radius 3 is 2.73 bits per heavy atom. The van der Waals surface area contributed by atoms with Crippen LogP contribution in [-0.2, 0) is 6.42 Å². The summed E-state index contributed by atoms with van der Waals surface area (Å²) < 4.78 is 0. The van der Waals surface area contributed by atoms with Crippen molar-refractivity contribution in [2.75, 3.05) is 6.26 Å². The van der Waals surface area contributed by atoms with Crippen LogP contribution in [0.25, 0.3) is 0 Å². The molecule has 1 heterocycles. The molecule has 1 aromatic rings. The topological polar surface area (TPSA) is 25.8 Å². The van der Waals surface area contributed by atoms with Crippen molar-refractivity contribution >= 4 is 11.8 Å². The lowest BCUT2D eigenvalue weighted by molar-refractivity contribution is 0.890. The van der Waals surface area contributed by atoms with Crippen LogP contribution in [0.3, 0.4) is 0 Å². The molecule has 0 aliphatic carbocycles. The number of hydrogen-bond acceptors (Lipinski definition) is 3. The minimum atomic E-state index is 0.861. The summed E-state index contributed by atoms with van der Waals surface area (Å²) in [5.74, 6) is 0.